The van der Waals surface area contributed by atoms with Crippen LogP contribution in [0, 0.1) is 0 Å². The summed E-state index contributed by atoms with van der Waals surface area (Å²) >= 11 is 1.60. The zero-order valence-corrected chi connectivity index (χ0v) is 23.2. The van der Waals surface area contributed by atoms with Crippen molar-refractivity contribution in [1.82, 2.24) is 9.96 Å². The second-order valence-corrected chi connectivity index (χ2v) is 10.9. The van der Waals surface area contributed by atoms with Gasteiger partial charge in [-0.25, -0.2) is 9.86 Å². The van der Waals surface area contributed by atoms with Crippen LogP contribution in [-0.2, 0) is 19.1 Å². The second kappa shape index (κ2) is 12.3. The second-order valence-electron chi connectivity index (χ2n) is 9.72. The van der Waals surface area contributed by atoms with Crippen LogP contribution >= 0.6 is 11.8 Å². The normalized spacial score (nSPS) is 12.5. The summed E-state index contributed by atoms with van der Waals surface area (Å²) in [7, 11) is 4.56. The number of amides is 2. The van der Waals surface area contributed by atoms with E-state index >= 15 is 0 Å². The van der Waals surface area contributed by atoms with Crippen molar-refractivity contribution in [2.75, 3.05) is 27.0 Å². The first-order valence-corrected chi connectivity index (χ1v) is 13.2. The molecule has 7 heteroatoms. The number of carbonyl (C=O) groups excluding carboxylic acids is 2. The number of nitrogens with zero attached hydrogens (tertiary/aromatic N) is 2. The van der Waals surface area contributed by atoms with Gasteiger partial charge in [-0.3, -0.25) is 14.5 Å². The van der Waals surface area contributed by atoms with Crippen LogP contribution in [0.25, 0.3) is 0 Å². The average Bonchev–Trinajstić information content (AvgIpc) is 2.90. The Balaban J connectivity index is 2.12. The van der Waals surface area contributed by atoms with Crippen LogP contribution < -0.4 is 0 Å². The van der Waals surface area contributed by atoms with Gasteiger partial charge in [-0.05, 0) is 37.5 Å². The summed E-state index contributed by atoms with van der Waals surface area (Å²) in [6.45, 7) is 5.41. The standard InChI is InChI=1S/C30H36N2O4S/c1-29(2,3)36-28(34)31(4)26(27(33)32(5)35-6)22-37-30(23-16-10-7-11-17-23,24-18-12-8-13-19-24)25-20-14-9-15-21-25/h7-21,26H,22H2,1-6H3/t26-/m0/s1. The molecule has 6 nitrogen and oxygen atoms in total. The molecule has 0 aliphatic rings. The number of thioether (sulfide) groups is 1. The molecule has 0 bridgehead atoms. The number of hydrogen-bond acceptors (Lipinski definition) is 5. The number of benzene rings is 3. The Bertz CT molecular complexity index is 1050. The molecule has 0 radical (unpaired) electrons. The molecule has 37 heavy (non-hydrogen) atoms. The van der Waals surface area contributed by atoms with Crippen molar-refractivity contribution in [2.45, 2.75) is 37.2 Å². The first-order valence-electron chi connectivity index (χ1n) is 12.2. The summed E-state index contributed by atoms with van der Waals surface area (Å²) in [4.78, 5) is 33.1. The van der Waals surface area contributed by atoms with Gasteiger partial charge in [0, 0.05) is 19.8 Å². The van der Waals surface area contributed by atoms with E-state index in [4.69, 9.17) is 9.57 Å². The highest BCUT2D eigenvalue weighted by atomic mass is 32.2. The predicted molar refractivity (Wildman–Crippen MR) is 149 cm³/mol. The van der Waals surface area contributed by atoms with Gasteiger partial charge < -0.3 is 4.74 Å². The van der Waals surface area contributed by atoms with E-state index in [-0.39, 0.29) is 5.91 Å². The molecule has 0 aromatic heterocycles. The van der Waals surface area contributed by atoms with E-state index in [0.717, 1.165) is 21.8 Å². The zero-order chi connectivity index (χ0) is 27.1. The summed E-state index contributed by atoms with van der Waals surface area (Å²) in [5.41, 5.74) is 2.53. The molecule has 1 atom stereocenters. The average molecular weight is 521 g/mol. The Morgan fingerprint density at radius 2 is 1.19 bits per heavy atom. The van der Waals surface area contributed by atoms with Gasteiger partial charge >= 0.3 is 6.09 Å². The minimum absolute atomic E-state index is 0.293. The third kappa shape index (κ3) is 6.73. The highest BCUT2D eigenvalue weighted by molar-refractivity contribution is 8.00. The molecule has 0 unspecified atom stereocenters. The van der Waals surface area contributed by atoms with Crippen molar-refractivity contribution in [2.24, 2.45) is 0 Å². The highest BCUT2D eigenvalue weighted by Gasteiger charge is 2.40. The van der Waals surface area contributed by atoms with Crippen LogP contribution in [-0.4, -0.2) is 60.6 Å². The number of carbonyl (C=O) groups is 2. The number of rotatable bonds is 9. The number of ether oxygens (including phenoxy) is 1. The highest BCUT2D eigenvalue weighted by Crippen LogP contribution is 2.48. The molecule has 0 saturated heterocycles. The molecule has 3 aromatic rings. The van der Waals surface area contributed by atoms with Crippen molar-refractivity contribution >= 4 is 23.8 Å². The molecule has 0 aliphatic heterocycles. The third-order valence-electron chi connectivity index (χ3n) is 6.02. The SMILES string of the molecule is CON(C)C(=O)[C@H](CSC(c1ccccc1)(c1ccccc1)c1ccccc1)N(C)C(=O)OC(C)(C)C. The smallest absolute Gasteiger partial charge is 0.410 e. The van der Waals surface area contributed by atoms with Crippen LogP contribution in [0.4, 0.5) is 4.79 Å². The van der Waals surface area contributed by atoms with Crippen LogP contribution in [0.1, 0.15) is 37.5 Å². The molecule has 3 aromatic carbocycles. The Hall–Kier alpha value is -3.29. The maximum atomic E-state index is 13.5. The number of likely N-dealkylation sites (N-methyl/N-ethyl adjacent to an activating group) is 2. The van der Waals surface area contributed by atoms with E-state index in [0.29, 0.717) is 5.75 Å². The van der Waals surface area contributed by atoms with Gasteiger partial charge in [0.25, 0.3) is 5.91 Å². The van der Waals surface area contributed by atoms with Crippen molar-refractivity contribution in [1.29, 1.82) is 0 Å². The van der Waals surface area contributed by atoms with E-state index < -0.39 is 22.5 Å². The van der Waals surface area contributed by atoms with Crippen molar-refractivity contribution < 1.29 is 19.2 Å². The van der Waals surface area contributed by atoms with Crippen molar-refractivity contribution in [3.8, 4) is 0 Å². The van der Waals surface area contributed by atoms with E-state index in [2.05, 4.69) is 36.4 Å². The van der Waals surface area contributed by atoms with Gasteiger partial charge in [0.1, 0.15) is 11.6 Å². The molecule has 0 heterocycles. The van der Waals surface area contributed by atoms with Gasteiger partial charge in [-0.1, -0.05) is 91.0 Å². The molecule has 0 saturated carbocycles. The number of hydroxylamine groups is 2. The summed E-state index contributed by atoms with van der Waals surface area (Å²) in [6.07, 6.45) is -0.569. The van der Waals surface area contributed by atoms with Crippen LogP contribution in [0.2, 0.25) is 0 Å². The fourth-order valence-corrected chi connectivity index (χ4v) is 5.76. The molecule has 3 rings (SSSR count). The molecule has 0 aliphatic carbocycles. The zero-order valence-electron chi connectivity index (χ0n) is 22.4. The molecule has 196 valence electrons. The topological polar surface area (TPSA) is 59.1 Å². The Kier molecular flexibility index (Phi) is 9.40. The molecular formula is C30H36N2O4S. The maximum Gasteiger partial charge on any atom is 0.410 e. The predicted octanol–water partition coefficient (Wildman–Crippen LogP) is 5.97. The lowest BCUT2D eigenvalue weighted by molar-refractivity contribution is -0.173. The van der Waals surface area contributed by atoms with Crippen LogP contribution in [0.3, 0.4) is 0 Å². The van der Waals surface area contributed by atoms with E-state index in [1.165, 1.54) is 12.0 Å². The van der Waals surface area contributed by atoms with E-state index in [9.17, 15) is 9.59 Å². The van der Waals surface area contributed by atoms with Gasteiger partial charge in [-0.2, -0.15) is 0 Å². The lowest BCUT2D eigenvalue weighted by Gasteiger charge is -2.38. The fraction of sp³-hybridized carbons (Fsp3) is 0.333. The Labute approximate surface area is 224 Å². The molecule has 2 amide bonds. The Morgan fingerprint density at radius 1 is 0.784 bits per heavy atom. The van der Waals surface area contributed by atoms with Crippen molar-refractivity contribution in [3.05, 3.63) is 108 Å². The largest absolute Gasteiger partial charge is 0.444 e. The molecule has 0 N–H and O–H groups in total. The lowest BCUT2D eigenvalue weighted by Crippen LogP contribution is -2.51. The van der Waals surface area contributed by atoms with Gasteiger partial charge in [-0.15, -0.1) is 11.8 Å². The van der Waals surface area contributed by atoms with Crippen molar-refractivity contribution in [3.63, 3.8) is 0 Å². The number of hydrogen-bond donors (Lipinski definition) is 0. The van der Waals surface area contributed by atoms with Gasteiger partial charge in [0.2, 0.25) is 0 Å². The minimum atomic E-state index is -0.833. The molecular weight excluding hydrogens is 484 g/mol. The molecule has 0 spiro atoms. The maximum absolute atomic E-state index is 13.5. The summed E-state index contributed by atoms with van der Waals surface area (Å²) in [5.74, 6) is -0.0486. The first kappa shape index (κ1) is 28.3. The Morgan fingerprint density at radius 3 is 1.54 bits per heavy atom. The fourth-order valence-electron chi connectivity index (χ4n) is 4.08. The van der Waals surface area contributed by atoms with Gasteiger partial charge in [0.05, 0.1) is 11.9 Å². The summed E-state index contributed by atoms with van der Waals surface area (Å²) in [6, 6.07) is 29.9. The summed E-state index contributed by atoms with van der Waals surface area (Å²) < 4.78 is 4.96. The monoisotopic (exact) mass is 520 g/mol. The first-order chi connectivity index (χ1) is 17.6. The van der Waals surface area contributed by atoms with E-state index in [1.54, 1.807) is 46.6 Å². The van der Waals surface area contributed by atoms with Crippen LogP contribution in [0.15, 0.2) is 91.0 Å². The van der Waals surface area contributed by atoms with Gasteiger partial charge in [0.15, 0.2) is 0 Å². The van der Waals surface area contributed by atoms with Crippen LogP contribution in [0.5, 0.6) is 0 Å². The minimum Gasteiger partial charge on any atom is -0.444 e. The lowest BCUT2D eigenvalue weighted by atomic mass is 9.84. The third-order valence-corrected chi connectivity index (χ3v) is 7.64. The van der Waals surface area contributed by atoms with E-state index in [1.807, 2.05) is 54.6 Å². The molecule has 0 fully saturated rings. The summed E-state index contributed by atoms with van der Waals surface area (Å²) in [5, 5.41) is 1.15. The quantitative estimate of drug-likeness (QED) is 0.257.